The smallest absolute Gasteiger partial charge is 0.384 e. The number of benzene rings is 2. The van der Waals surface area contributed by atoms with Crippen molar-refractivity contribution in [2.24, 2.45) is 0 Å². The molecule has 4 aliphatic rings. The summed E-state index contributed by atoms with van der Waals surface area (Å²) in [7, 11) is 1.95. The lowest BCUT2D eigenvalue weighted by atomic mass is 10.0. The van der Waals surface area contributed by atoms with Gasteiger partial charge in [-0.3, -0.25) is 53.5 Å². The molecule has 3 atom stereocenters. The van der Waals surface area contributed by atoms with Gasteiger partial charge >= 0.3 is 6.18 Å². The fourth-order valence-corrected chi connectivity index (χ4v) is 9.44. The summed E-state index contributed by atoms with van der Waals surface area (Å²) in [6.45, 7) is 6.95. The second-order valence-electron chi connectivity index (χ2n) is 18.5. The number of carbonyl (C=O) groups is 7. The molecule has 3 fully saturated rings. The molecule has 4 aromatic rings. The molecule has 6 heterocycles. The van der Waals surface area contributed by atoms with Crippen LogP contribution in [0.3, 0.4) is 0 Å². The van der Waals surface area contributed by atoms with E-state index in [9.17, 15) is 51.5 Å². The first-order valence-electron chi connectivity index (χ1n) is 23.9. The number of unbranched alkanes of at least 4 members (excludes halogenated alkanes) is 1. The molecule has 2 aromatic heterocycles. The number of imide groups is 2. The van der Waals surface area contributed by atoms with Crippen molar-refractivity contribution in [3.05, 3.63) is 93.4 Å². The van der Waals surface area contributed by atoms with Crippen molar-refractivity contribution < 1.29 is 51.1 Å². The Morgan fingerprint density at radius 2 is 1.53 bits per heavy atom. The lowest BCUT2D eigenvalue weighted by molar-refractivity contribution is -0.138. The highest BCUT2D eigenvalue weighted by Gasteiger charge is 2.46. The predicted octanol–water partition coefficient (Wildman–Crippen LogP) is 3.61. The van der Waals surface area contributed by atoms with Gasteiger partial charge in [0.15, 0.2) is 0 Å². The van der Waals surface area contributed by atoms with E-state index in [4.69, 9.17) is 0 Å². The molecule has 0 spiro atoms. The maximum Gasteiger partial charge on any atom is 0.417 e. The van der Waals surface area contributed by atoms with E-state index < -0.39 is 64.3 Å². The molecule has 1 unspecified atom stereocenters. The molecule has 24 heteroatoms. The number of alkyl halides is 3. The Labute approximate surface area is 415 Å². The minimum atomic E-state index is -5.01. The number of H-pyrrole nitrogens is 1. The number of carbonyl (C=O) groups excluding carboxylic acids is 7. The molecule has 3 saturated heterocycles. The average Bonchev–Trinajstić information content (AvgIpc) is 3.61. The molecular weight excluding hydrogens is 961 g/mol. The Hall–Kier alpha value is -7.76. The minimum Gasteiger partial charge on any atom is -0.384 e. The van der Waals surface area contributed by atoms with Crippen LogP contribution in [0.5, 0.6) is 0 Å². The van der Waals surface area contributed by atoms with Crippen LogP contribution < -0.4 is 36.6 Å². The zero-order valence-electron chi connectivity index (χ0n) is 40.2. The molecule has 0 radical (unpaired) electrons. The molecule has 4 aliphatic heterocycles. The summed E-state index contributed by atoms with van der Waals surface area (Å²) < 4.78 is 58.0. The highest BCUT2D eigenvalue weighted by atomic mass is 19.4. The van der Waals surface area contributed by atoms with Crippen molar-refractivity contribution in [2.75, 3.05) is 79.8 Å². The van der Waals surface area contributed by atoms with Crippen molar-refractivity contribution in [3.63, 3.8) is 0 Å². The average molecular weight is 1020 g/mol. The largest absolute Gasteiger partial charge is 0.417 e. The monoisotopic (exact) mass is 1010 g/mol. The van der Waals surface area contributed by atoms with Gasteiger partial charge in [-0.15, -0.1) is 0 Å². The highest BCUT2D eigenvalue weighted by molar-refractivity contribution is 6.25. The number of aromatic amines is 1. The molecule has 386 valence electrons. The summed E-state index contributed by atoms with van der Waals surface area (Å²) in [4.78, 5) is 121. The van der Waals surface area contributed by atoms with Gasteiger partial charge in [-0.2, -0.15) is 13.2 Å². The number of piperidine rings is 1. The van der Waals surface area contributed by atoms with E-state index in [1.165, 1.54) is 30.6 Å². The maximum atomic E-state index is 16.1. The Morgan fingerprint density at radius 1 is 0.836 bits per heavy atom. The summed E-state index contributed by atoms with van der Waals surface area (Å²) in [5.41, 5.74) is -2.03. The van der Waals surface area contributed by atoms with E-state index in [1.807, 2.05) is 30.7 Å². The third-order valence-corrected chi connectivity index (χ3v) is 13.6. The number of hydrogen-bond acceptors (Lipinski definition) is 14. The van der Waals surface area contributed by atoms with Crippen LogP contribution >= 0.6 is 0 Å². The van der Waals surface area contributed by atoms with E-state index >= 15 is 4.39 Å². The quantitative estimate of drug-likeness (QED) is 0.0650. The lowest BCUT2D eigenvalue weighted by Gasteiger charge is -2.44. The molecule has 5 N–H and O–H groups in total. The van der Waals surface area contributed by atoms with Crippen LogP contribution in [0.2, 0.25) is 0 Å². The second kappa shape index (κ2) is 21.5. The van der Waals surface area contributed by atoms with Crippen molar-refractivity contribution in [1.82, 2.24) is 40.3 Å². The van der Waals surface area contributed by atoms with Crippen LogP contribution in [0, 0.1) is 5.82 Å². The van der Waals surface area contributed by atoms with Crippen LogP contribution in [0.15, 0.2) is 59.8 Å². The fraction of sp³-hybridized carbons (Fsp3) is 0.429. The molecule has 0 bridgehead atoms. The third-order valence-electron chi connectivity index (χ3n) is 13.6. The van der Waals surface area contributed by atoms with Crippen molar-refractivity contribution in [3.8, 4) is 11.1 Å². The van der Waals surface area contributed by atoms with Gasteiger partial charge in [-0.1, -0.05) is 6.07 Å². The molecular formula is C49H54F4N12O8. The van der Waals surface area contributed by atoms with Gasteiger partial charge in [-0.25, -0.2) is 14.4 Å². The Kier molecular flexibility index (Phi) is 15.2. The number of amides is 7. The number of nitrogens with one attached hydrogen (secondary N) is 5. The zero-order valence-corrected chi connectivity index (χ0v) is 40.2. The first-order chi connectivity index (χ1) is 34.8. The molecule has 8 rings (SSSR count). The number of piperazine rings is 2. The van der Waals surface area contributed by atoms with Gasteiger partial charge in [0.1, 0.15) is 11.9 Å². The number of hydrogen-bond donors (Lipinski definition) is 5. The predicted molar refractivity (Wildman–Crippen MR) is 258 cm³/mol. The number of aromatic nitrogens is 3. The highest BCUT2D eigenvalue weighted by Crippen LogP contribution is 2.38. The second-order valence-corrected chi connectivity index (χ2v) is 18.5. The lowest BCUT2D eigenvalue weighted by Crippen LogP contribution is -2.55. The normalized spacial score (nSPS) is 19.5. The van der Waals surface area contributed by atoms with Crippen LogP contribution in [-0.4, -0.2) is 149 Å². The molecule has 7 amide bonds. The number of rotatable bonds is 15. The van der Waals surface area contributed by atoms with Gasteiger partial charge < -0.3 is 35.6 Å². The SMILES string of the molecule is C[C@@H]1CN(c2cc(F)c(-c3cnc(N4CCN(C(=O)CCC(=O)NCCCCNc5cccc6c5C(=O)N(C5CCC(=O)NC5=O)C6=O)CC4)nc3)cc2NC(=O)c2c[nH]c(=O)cc2C(F)(F)F)C[C@H](C)N1C. The van der Waals surface area contributed by atoms with Crippen molar-refractivity contribution >= 4 is 64.4 Å². The topological polar surface area (TPSA) is 242 Å². The Bertz CT molecular complexity index is 2880. The van der Waals surface area contributed by atoms with E-state index in [1.54, 1.807) is 17.0 Å². The van der Waals surface area contributed by atoms with Crippen molar-refractivity contribution in [2.45, 2.75) is 76.7 Å². The fourth-order valence-electron chi connectivity index (χ4n) is 9.44. The summed E-state index contributed by atoms with van der Waals surface area (Å²) in [5.74, 6) is -4.39. The first kappa shape index (κ1) is 51.6. The Balaban J connectivity index is 0.807. The Morgan fingerprint density at radius 3 is 2.22 bits per heavy atom. The van der Waals surface area contributed by atoms with Gasteiger partial charge in [0.2, 0.25) is 35.1 Å². The number of pyridine rings is 1. The van der Waals surface area contributed by atoms with Crippen LogP contribution in [0.1, 0.15) is 89.0 Å². The third kappa shape index (κ3) is 11.3. The van der Waals surface area contributed by atoms with E-state index in [2.05, 4.69) is 41.1 Å². The van der Waals surface area contributed by atoms with Gasteiger partial charge in [0, 0.05) is 125 Å². The van der Waals surface area contributed by atoms with E-state index in [-0.39, 0.29) is 83.2 Å². The summed E-state index contributed by atoms with van der Waals surface area (Å²) >= 11 is 0. The van der Waals surface area contributed by atoms with Crippen molar-refractivity contribution in [1.29, 1.82) is 0 Å². The first-order valence-corrected chi connectivity index (χ1v) is 23.9. The number of nitrogens with zero attached hydrogens (tertiary/aromatic N) is 7. The summed E-state index contributed by atoms with van der Waals surface area (Å²) in [6, 6.07) is 6.62. The van der Waals surface area contributed by atoms with E-state index in [0.29, 0.717) is 89.1 Å². The van der Waals surface area contributed by atoms with Crippen LogP contribution in [0.25, 0.3) is 11.1 Å². The molecule has 0 aliphatic carbocycles. The molecule has 2 aromatic carbocycles. The number of likely N-dealkylation sites (N-methyl/N-ethyl adjacent to an activating group) is 1. The zero-order chi connectivity index (χ0) is 52.3. The standard InChI is InChI=1S/C49H54F4N12O8/c1-27-25-64(26-28(2)61(27)3)38-21-34(50)31(19-36(38)59-44(70)32-24-56-41(68)20-33(32)49(51,52)53)29-22-57-48(58-23-29)63-17-15-62(16-18-63)42(69)12-11-39(66)55-14-5-4-13-54-35-8-6-7-30-43(35)47(73)65(46(30)72)37-9-10-40(67)60-45(37)71/h6-8,19-24,27-28,37,54H,4-5,9-18,25-26H2,1-3H3,(H,55,66)(H,56,68)(H,59,70)(H,60,67,71)/t27-,28+,37?. The summed E-state index contributed by atoms with van der Waals surface area (Å²) in [5, 5.41) is 10.7. The van der Waals surface area contributed by atoms with E-state index in [0.717, 1.165) is 4.90 Å². The molecule has 73 heavy (non-hydrogen) atoms. The summed E-state index contributed by atoms with van der Waals surface area (Å²) in [6.07, 6.45) is -0.319. The van der Waals surface area contributed by atoms with Crippen LogP contribution in [-0.2, 0) is 25.4 Å². The maximum absolute atomic E-state index is 16.1. The van der Waals surface area contributed by atoms with Crippen LogP contribution in [0.4, 0.5) is 40.6 Å². The van der Waals surface area contributed by atoms with Gasteiger partial charge in [0.25, 0.3) is 17.7 Å². The number of halogens is 4. The minimum absolute atomic E-state index is 0.00565. The number of fused-ring (bicyclic) bond motifs is 1. The molecule has 20 nitrogen and oxygen atoms in total. The van der Waals surface area contributed by atoms with Gasteiger partial charge in [0.05, 0.1) is 33.6 Å². The van der Waals surface area contributed by atoms with Gasteiger partial charge in [-0.05, 0) is 64.4 Å². The number of anilines is 4. The molecule has 0 saturated carbocycles.